The SMILES string of the molecule is CC(C)(C)OC(=O)N(CCNCCCN=[N+]=[N-])CCOCC(=O)O. The van der Waals surface area contributed by atoms with Crippen LogP contribution in [0.5, 0.6) is 0 Å². The lowest BCUT2D eigenvalue weighted by Crippen LogP contribution is -2.42. The van der Waals surface area contributed by atoms with Crippen LogP contribution in [0.25, 0.3) is 10.4 Å². The van der Waals surface area contributed by atoms with E-state index in [9.17, 15) is 9.59 Å². The summed E-state index contributed by atoms with van der Waals surface area (Å²) in [6, 6.07) is 0. The van der Waals surface area contributed by atoms with Crippen LogP contribution in [0.15, 0.2) is 5.11 Å². The Bertz CT molecular complexity index is 432. The molecule has 0 fully saturated rings. The average molecular weight is 345 g/mol. The minimum absolute atomic E-state index is 0.114. The van der Waals surface area contributed by atoms with E-state index in [1.807, 2.05) is 0 Å². The topological polar surface area (TPSA) is 137 Å². The van der Waals surface area contributed by atoms with E-state index in [0.29, 0.717) is 32.6 Å². The molecule has 2 N–H and O–H groups in total. The Balaban J connectivity index is 4.22. The first-order chi connectivity index (χ1) is 11.3. The molecule has 0 saturated carbocycles. The molecule has 0 unspecified atom stereocenters. The van der Waals surface area contributed by atoms with Crippen molar-refractivity contribution in [3.8, 4) is 0 Å². The Kier molecular flexibility index (Phi) is 11.4. The molecule has 0 radical (unpaired) electrons. The van der Waals surface area contributed by atoms with Crippen molar-refractivity contribution in [3.63, 3.8) is 0 Å². The van der Waals surface area contributed by atoms with Gasteiger partial charge in [0.25, 0.3) is 0 Å². The molecular formula is C14H27N5O5. The summed E-state index contributed by atoms with van der Waals surface area (Å²) < 4.78 is 10.3. The summed E-state index contributed by atoms with van der Waals surface area (Å²) in [5.41, 5.74) is 7.55. The van der Waals surface area contributed by atoms with E-state index in [-0.39, 0.29) is 13.2 Å². The standard InChI is InChI=1S/C14H27N5O5/c1-14(2,3)24-13(22)19(9-10-23-11-12(20)21)8-7-16-5-4-6-17-18-15/h16H,4-11H2,1-3H3,(H,20,21). The Morgan fingerprint density at radius 2 is 2.00 bits per heavy atom. The molecule has 0 rings (SSSR count). The fourth-order valence-electron chi connectivity index (χ4n) is 1.61. The third-order valence-electron chi connectivity index (χ3n) is 2.62. The highest BCUT2D eigenvalue weighted by Crippen LogP contribution is 2.09. The van der Waals surface area contributed by atoms with Gasteiger partial charge in [-0.25, -0.2) is 9.59 Å². The number of carboxylic acid groups (broad SMARTS) is 1. The molecule has 0 atom stereocenters. The van der Waals surface area contributed by atoms with Crippen LogP contribution in [0, 0.1) is 0 Å². The number of amides is 1. The van der Waals surface area contributed by atoms with Gasteiger partial charge in [-0.3, -0.25) is 0 Å². The molecular weight excluding hydrogens is 318 g/mol. The van der Waals surface area contributed by atoms with Crippen LogP contribution < -0.4 is 5.32 Å². The quantitative estimate of drug-likeness (QED) is 0.239. The number of rotatable bonds is 12. The summed E-state index contributed by atoms with van der Waals surface area (Å²) in [4.78, 5) is 26.7. The van der Waals surface area contributed by atoms with Crippen molar-refractivity contribution in [3.05, 3.63) is 10.4 Å². The molecule has 0 saturated heterocycles. The molecule has 0 aromatic heterocycles. The number of ether oxygens (including phenoxy) is 2. The lowest BCUT2D eigenvalue weighted by atomic mass is 10.2. The third kappa shape index (κ3) is 13.6. The van der Waals surface area contributed by atoms with Crippen molar-refractivity contribution in [1.82, 2.24) is 10.2 Å². The molecule has 10 heteroatoms. The molecule has 0 aliphatic rings. The zero-order valence-electron chi connectivity index (χ0n) is 14.5. The lowest BCUT2D eigenvalue weighted by molar-refractivity contribution is -0.142. The lowest BCUT2D eigenvalue weighted by Gasteiger charge is -2.27. The molecule has 0 aliphatic carbocycles. The predicted molar refractivity (Wildman–Crippen MR) is 87.8 cm³/mol. The Labute approximate surface area is 141 Å². The van der Waals surface area contributed by atoms with Gasteiger partial charge in [-0.15, -0.1) is 0 Å². The number of hydrogen-bond acceptors (Lipinski definition) is 6. The molecule has 1 amide bonds. The van der Waals surface area contributed by atoms with Crippen LogP contribution in [-0.4, -0.2) is 73.6 Å². The normalized spacial score (nSPS) is 10.8. The molecule has 0 spiro atoms. The Morgan fingerprint density at radius 1 is 1.29 bits per heavy atom. The molecule has 0 bridgehead atoms. The first-order valence-electron chi connectivity index (χ1n) is 7.75. The summed E-state index contributed by atoms with van der Waals surface area (Å²) in [5, 5.41) is 15.1. The van der Waals surface area contributed by atoms with Gasteiger partial charge in [-0.05, 0) is 39.3 Å². The molecule has 0 aliphatic heterocycles. The summed E-state index contributed by atoms with van der Waals surface area (Å²) in [6.45, 7) is 7.29. The van der Waals surface area contributed by atoms with Crippen molar-refractivity contribution in [2.24, 2.45) is 5.11 Å². The van der Waals surface area contributed by atoms with Crippen LogP contribution in [-0.2, 0) is 14.3 Å². The maximum absolute atomic E-state index is 12.1. The zero-order valence-corrected chi connectivity index (χ0v) is 14.5. The molecule has 0 aromatic carbocycles. The highest BCUT2D eigenvalue weighted by Gasteiger charge is 2.21. The summed E-state index contributed by atoms with van der Waals surface area (Å²) in [6.07, 6.45) is 0.232. The number of azide groups is 1. The first-order valence-corrected chi connectivity index (χ1v) is 7.75. The number of nitrogens with zero attached hydrogens (tertiary/aromatic N) is 4. The van der Waals surface area contributed by atoms with Gasteiger partial charge in [-0.2, -0.15) is 0 Å². The maximum Gasteiger partial charge on any atom is 0.410 e. The number of carbonyl (C=O) groups excluding carboxylic acids is 1. The van der Waals surface area contributed by atoms with E-state index in [1.165, 1.54) is 4.90 Å². The van der Waals surface area contributed by atoms with Gasteiger partial charge in [0, 0.05) is 31.1 Å². The van der Waals surface area contributed by atoms with Gasteiger partial charge in [0.1, 0.15) is 12.2 Å². The smallest absolute Gasteiger partial charge is 0.410 e. The molecule has 138 valence electrons. The Hall–Kier alpha value is -2.03. The molecule has 0 aromatic rings. The largest absolute Gasteiger partial charge is 0.480 e. The third-order valence-corrected chi connectivity index (χ3v) is 2.62. The zero-order chi connectivity index (χ0) is 18.4. The first kappa shape index (κ1) is 22.0. The van der Waals surface area contributed by atoms with E-state index in [2.05, 4.69) is 15.3 Å². The number of hydrogen-bond donors (Lipinski definition) is 2. The van der Waals surface area contributed by atoms with Crippen molar-refractivity contribution in [2.75, 3.05) is 45.9 Å². The molecule has 24 heavy (non-hydrogen) atoms. The fraction of sp³-hybridized carbons (Fsp3) is 0.857. The summed E-state index contributed by atoms with van der Waals surface area (Å²) in [5.74, 6) is -1.06. The predicted octanol–water partition coefficient (Wildman–Crippen LogP) is 1.61. The average Bonchev–Trinajstić information content (AvgIpc) is 2.46. The molecule has 0 heterocycles. The number of aliphatic carboxylic acids is 1. The van der Waals surface area contributed by atoms with Gasteiger partial charge in [0.05, 0.1) is 6.61 Å². The van der Waals surface area contributed by atoms with E-state index in [0.717, 1.165) is 0 Å². The van der Waals surface area contributed by atoms with Crippen LogP contribution in [0.4, 0.5) is 4.79 Å². The van der Waals surface area contributed by atoms with E-state index in [1.54, 1.807) is 20.8 Å². The maximum atomic E-state index is 12.1. The second-order valence-electron chi connectivity index (χ2n) is 5.97. The highest BCUT2D eigenvalue weighted by molar-refractivity contribution is 5.68. The van der Waals surface area contributed by atoms with Gasteiger partial charge in [0.15, 0.2) is 0 Å². The minimum Gasteiger partial charge on any atom is -0.480 e. The Morgan fingerprint density at radius 3 is 2.58 bits per heavy atom. The van der Waals surface area contributed by atoms with Crippen molar-refractivity contribution in [2.45, 2.75) is 32.8 Å². The highest BCUT2D eigenvalue weighted by atomic mass is 16.6. The van der Waals surface area contributed by atoms with Gasteiger partial charge in [0.2, 0.25) is 0 Å². The van der Waals surface area contributed by atoms with E-state index < -0.39 is 24.3 Å². The van der Waals surface area contributed by atoms with E-state index >= 15 is 0 Å². The second-order valence-corrected chi connectivity index (χ2v) is 5.97. The second kappa shape index (κ2) is 12.4. The van der Waals surface area contributed by atoms with Crippen LogP contribution in [0.1, 0.15) is 27.2 Å². The summed E-state index contributed by atoms with van der Waals surface area (Å²) >= 11 is 0. The monoisotopic (exact) mass is 345 g/mol. The number of carboxylic acids is 1. The number of nitrogens with one attached hydrogen (secondary N) is 1. The van der Waals surface area contributed by atoms with Crippen LogP contribution >= 0.6 is 0 Å². The van der Waals surface area contributed by atoms with E-state index in [4.69, 9.17) is 20.1 Å². The molecule has 10 nitrogen and oxygen atoms in total. The van der Waals surface area contributed by atoms with Crippen molar-refractivity contribution in [1.29, 1.82) is 0 Å². The van der Waals surface area contributed by atoms with Crippen LogP contribution in [0.3, 0.4) is 0 Å². The minimum atomic E-state index is -1.06. The van der Waals surface area contributed by atoms with Gasteiger partial charge >= 0.3 is 12.1 Å². The van der Waals surface area contributed by atoms with Gasteiger partial charge < -0.3 is 24.8 Å². The van der Waals surface area contributed by atoms with Crippen LogP contribution in [0.2, 0.25) is 0 Å². The van der Waals surface area contributed by atoms with Crippen molar-refractivity contribution < 1.29 is 24.2 Å². The fourth-order valence-corrected chi connectivity index (χ4v) is 1.61. The van der Waals surface area contributed by atoms with Gasteiger partial charge in [-0.1, -0.05) is 5.11 Å². The summed E-state index contributed by atoms with van der Waals surface area (Å²) in [7, 11) is 0. The van der Waals surface area contributed by atoms with Crippen molar-refractivity contribution >= 4 is 12.1 Å². The number of carbonyl (C=O) groups is 2.